The van der Waals surface area contributed by atoms with E-state index in [0.29, 0.717) is 37.6 Å². The van der Waals surface area contributed by atoms with Crippen LogP contribution in [0.25, 0.3) is 11.3 Å². The summed E-state index contributed by atoms with van der Waals surface area (Å²) in [5.74, 6) is 1.12. The van der Waals surface area contributed by atoms with Gasteiger partial charge in [0.15, 0.2) is 5.76 Å². The van der Waals surface area contributed by atoms with E-state index in [-0.39, 0.29) is 4.90 Å². The molecule has 29 heavy (non-hydrogen) atoms. The van der Waals surface area contributed by atoms with Crippen LogP contribution in [0.5, 0.6) is 0 Å². The van der Waals surface area contributed by atoms with Gasteiger partial charge in [-0.15, -0.1) is 0 Å². The Morgan fingerprint density at radius 2 is 1.72 bits per heavy atom. The summed E-state index contributed by atoms with van der Waals surface area (Å²) < 4.78 is 32.5. The first-order valence-electron chi connectivity index (χ1n) is 9.44. The zero-order valence-corrected chi connectivity index (χ0v) is 17.5. The lowest BCUT2D eigenvalue weighted by Gasteiger charge is -2.34. The number of aryl methyl sites for hydroxylation is 3. The molecule has 4 rings (SSSR count). The number of nitrogens with zero attached hydrogens (tertiary/aromatic N) is 5. The highest BCUT2D eigenvalue weighted by molar-refractivity contribution is 7.89. The zero-order valence-electron chi connectivity index (χ0n) is 16.7. The van der Waals surface area contributed by atoms with Crippen LogP contribution in [0.1, 0.15) is 17.0 Å². The maximum absolute atomic E-state index is 13.0. The molecule has 0 spiro atoms. The minimum atomic E-state index is -3.62. The van der Waals surface area contributed by atoms with Crippen LogP contribution in [0.2, 0.25) is 0 Å². The maximum Gasteiger partial charge on any atom is 0.248 e. The second-order valence-corrected chi connectivity index (χ2v) is 9.00. The molecule has 1 aliphatic rings. The van der Waals surface area contributed by atoms with Crippen molar-refractivity contribution < 1.29 is 12.9 Å². The summed E-state index contributed by atoms with van der Waals surface area (Å²) in [5, 5.41) is 3.78. The van der Waals surface area contributed by atoms with Crippen molar-refractivity contribution in [2.45, 2.75) is 25.7 Å². The SMILES string of the molecule is Cc1ccccc1-c1cc(N2CCN(S(=O)(=O)c3c(C)noc3C)CC2)ncn1. The van der Waals surface area contributed by atoms with Gasteiger partial charge in [-0.1, -0.05) is 29.4 Å². The summed E-state index contributed by atoms with van der Waals surface area (Å²) in [4.78, 5) is 11.1. The molecule has 0 atom stereocenters. The Labute approximate surface area is 170 Å². The van der Waals surface area contributed by atoms with Crippen molar-refractivity contribution in [1.82, 2.24) is 19.4 Å². The topological polar surface area (TPSA) is 92.4 Å². The van der Waals surface area contributed by atoms with Gasteiger partial charge >= 0.3 is 0 Å². The molecule has 2 aromatic heterocycles. The summed E-state index contributed by atoms with van der Waals surface area (Å²) >= 11 is 0. The first-order chi connectivity index (χ1) is 13.9. The number of sulfonamides is 1. The average Bonchev–Trinajstić information content (AvgIpc) is 3.07. The molecule has 0 saturated carbocycles. The fraction of sp³-hybridized carbons (Fsp3) is 0.350. The van der Waals surface area contributed by atoms with Crippen LogP contribution in [-0.4, -0.2) is 54.0 Å². The number of anilines is 1. The van der Waals surface area contributed by atoms with E-state index in [2.05, 4.69) is 33.0 Å². The van der Waals surface area contributed by atoms with Crippen molar-refractivity contribution >= 4 is 15.8 Å². The second kappa shape index (κ2) is 7.57. The molecular formula is C20H23N5O3S. The van der Waals surface area contributed by atoms with Gasteiger partial charge in [-0.3, -0.25) is 0 Å². The first-order valence-corrected chi connectivity index (χ1v) is 10.9. The highest BCUT2D eigenvalue weighted by atomic mass is 32.2. The summed E-state index contributed by atoms with van der Waals surface area (Å²) in [6, 6.07) is 10.0. The van der Waals surface area contributed by atoms with E-state index in [1.807, 2.05) is 24.3 Å². The lowest BCUT2D eigenvalue weighted by atomic mass is 10.1. The van der Waals surface area contributed by atoms with Crippen molar-refractivity contribution in [2.75, 3.05) is 31.1 Å². The lowest BCUT2D eigenvalue weighted by molar-refractivity contribution is 0.378. The molecule has 1 saturated heterocycles. The first kappa shape index (κ1) is 19.5. The number of aromatic nitrogens is 3. The van der Waals surface area contributed by atoms with Crippen LogP contribution in [0, 0.1) is 20.8 Å². The Morgan fingerprint density at radius 1 is 1.00 bits per heavy atom. The molecule has 0 aliphatic carbocycles. The van der Waals surface area contributed by atoms with E-state index in [0.717, 1.165) is 22.6 Å². The normalized spacial score (nSPS) is 15.6. The number of benzene rings is 1. The van der Waals surface area contributed by atoms with Crippen LogP contribution >= 0.6 is 0 Å². The van der Waals surface area contributed by atoms with Crippen molar-refractivity contribution in [1.29, 1.82) is 0 Å². The predicted molar refractivity (Wildman–Crippen MR) is 109 cm³/mol. The maximum atomic E-state index is 13.0. The Balaban J connectivity index is 1.52. The molecular weight excluding hydrogens is 390 g/mol. The molecule has 0 N–H and O–H groups in total. The largest absolute Gasteiger partial charge is 0.360 e. The minimum Gasteiger partial charge on any atom is -0.360 e. The van der Waals surface area contributed by atoms with E-state index in [9.17, 15) is 8.42 Å². The van der Waals surface area contributed by atoms with Crippen LogP contribution < -0.4 is 4.90 Å². The van der Waals surface area contributed by atoms with Gasteiger partial charge in [-0.25, -0.2) is 18.4 Å². The third-order valence-electron chi connectivity index (χ3n) is 5.20. The molecule has 0 radical (unpaired) electrons. The minimum absolute atomic E-state index is 0.176. The second-order valence-electron chi connectivity index (χ2n) is 7.12. The van der Waals surface area contributed by atoms with Gasteiger partial charge in [0, 0.05) is 37.8 Å². The van der Waals surface area contributed by atoms with Gasteiger partial charge in [0.05, 0.1) is 5.69 Å². The van der Waals surface area contributed by atoms with E-state index in [1.165, 1.54) is 4.31 Å². The fourth-order valence-corrected chi connectivity index (χ4v) is 5.37. The van der Waals surface area contributed by atoms with E-state index < -0.39 is 10.0 Å². The molecule has 0 unspecified atom stereocenters. The molecule has 0 amide bonds. The monoisotopic (exact) mass is 413 g/mol. The highest BCUT2D eigenvalue weighted by Gasteiger charge is 2.33. The third-order valence-corrected chi connectivity index (χ3v) is 7.35. The van der Waals surface area contributed by atoms with Crippen molar-refractivity contribution in [3.05, 3.63) is 53.7 Å². The number of hydrogen-bond acceptors (Lipinski definition) is 7. The molecule has 1 aliphatic heterocycles. The number of hydrogen-bond donors (Lipinski definition) is 0. The van der Waals surface area contributed by atoms with Crippen LogP contribution in [-0.2, 0) is 10.0 Å². The Bertz CT molecular complexity index is 1120. The average molecular weight is 414 g/mol. The van der Waals surface area contributed by atoms with E-state index >= 15 is 0 Å². The molecule has 3 aromatic rings. The number of piperazine rings is 1. The van der Waals surface area contributed by atoms with Crippen molar-refractivity contribution in [2.24, 2.45) is 0 Å². The van der Waals surface area contributed by atoms with Crippen molar-refractivity contribution in [3.8, 4) is 11.3 Å². The molecule has 9 heteroatoms. The van der Waals surface area contributed by atoms with Gasteiger partial charge < -0.3 is 9.42 Å². The van der Waals surface area contributed by atoms with Crippen LogP contribution in [0.4, 0.5) is 5.82 Å². The van der Waals surface area contributed by atoms with E-state index in [4.69, 9.17) is 4.52 Å². The standard InChI is InChI=1S/C20H23N5O3S/c1-14-6-4-5-7-17(14)18-12-19(22-13-21-18)24-8-10-25(11-9-24)29(26,27)20-15(2)23-28-16(20)3/h4-7,12-13H,8-11H2,1-3H3. The van der Waals surface area contributed by atoms with Gasteiger partial charge in [-0.2, -0.15) is 4.31 Å². The van der Waals surface area contributed by atoms with Gasteiger partial charge in [0.1, 0.15) is 22.7 Å². The van der Waals surface area contributed by atoms with Crippen LogP contribution in [0.15, 0.2) is 46.1 Å². The molecule has 8 nitrogen and oxygen atoms in total. The Hall–Kier alpha value is -2.78. The smallest absolute Gasteiger partial charge is 0.248 e. The van der Waals surface area contributed by atoms with Crippen LogP contribution in [0.3, 0.4) is 0 Å². The zero-order chi connectivity index (χ0) is 20.6. The predicted octanol–water partition coefficient (Wildman–Crippen LogP) is 2.57. The molecule has 152 valence electrons. The van der Waals surface area contributed by atoms with Gasteiger partial charge in [-0.05, 0) is 26.3 Å². The summed E-state index contributed by atoms with van der Waals surface area (Å²) in [6.45, 7) is 7.16. The third kappa shape index (κ3) is 3.63. The molecule has 1 aromatic carbocycles. The van der Waals surface area contributed by atoms with Gasteiger partial charge in [0.2, 0.25) is 10.0 Å². The lowest BCUT2D eigenvalue weighted by Crippen LogP contribution is -2.49. The molecule has 1 fully saturated rings. The quantitative estimate of drug-likeness (QED) is 0.649. The van der Waals surface area contributed by atoms with E-state index in [1.54, 1.807) is 20.2 Å². The molecule has 3 heterocycles. The highest BCUT2D eigenvalue weighted by Crippen LogP contribution is 2.27. The fourth-order valence-electron chi connectivity index (χ4n) is 3.66. The Morgan fingerprint density at radius 3 is 2.38 bits per heavy atom. The Kier molecular flexibility index (Phi) is 5.10. The summed E-state index contributed by atoms with van der Waals surface area (Å²) in [6.07, 6.45) is 1.56. The van der Waals surface area contributed by atoms with Gasteiger partial charge in [0.25, 0.3) is 0 Å². The van der Waals surface area contributed by atoms with Crippen molar-refractivity contribution in [3.63, 3.8) is 0 Å². The number of rotatable bonds is 4. The summed E-state index contributed by atoms with van der Waals surface area (Å²) in [7, 11) is -3.62. The summed E-state index contributed by atoms with van der Waals surface area (Å²) in [5.41, 5.74) is 3.46. The molecule has 0 bridgehead atoms.